The van der Waals surface area contributed by atoms with Crippen LogP contribution in [0.2, 0.25) is 0 Å². The molecule has 0 aliphatic carbocycles. The molecule has 3 atom stereocenters. The van der Waals surface area contributed by atoms with Gasteiger partial charge in [-0.2, -0.15) is 0 Å². The van der Waals surface area contributed by atoms with Gasteiger partial charge < -0.3 is 14.4 Å². The molecule has 25 heavy (non-hydrogen) atoms. The van der Waals surface area contributed by atoms with Gasteiger partial charge >= 0.3 is 0 Å². The highest BCUT2D eigenvalue weighted by Crippen LogP contribution is 2.28. The van der Waals surface area contributed by atoms with E-state index < -0.39 is 12.1 Å². The summed E-state index contributed by atoms with van der Waals surface area (Å²) < 4.78 is 11.5. The Morgan fingerprint density at radius 3 is 2.80 bits per heavy atom. The molecular weight excluding hydrogens is 318 g/mol. The van der Waals surface area contributed by atoms with Gasteiger partial charge in [-0.1, -0.05) is 44.2 Å². The maximum absolute atomic E-state index is 13.1. The standard InChI is InChI=1S/C20H27NO4/c1-14(2)11-18(24-12-15-7-4-3-5-8-15)20(23)21-10-6-9-17-19(21)16(22)13-25-17/h3-5,7-8,14,17-19H,6,9-13H2,1-2H3/t17?,18-,19?/m0/s1. The molecule has 136 valence electrons. The Balaban J connectivity index is 1.70. The van der Waals surface area contributed by atoms with E-state index in [0.717, 1.165) is 18.4 Å². The number of fused-ring (bicyclic) bond motifs is 1. The summed E-state index contributed by atoms with van der Waals surface area (Å²) >= 11 is 0. The van der Waals surface area contributed by atoms with E-state index in [9.17, 15) is 9.59 Å². The molecule has 2 aliphatic rings. The van der Waals surface area contributed by atoms with Crippen molar-refractivity contribution in [2.24, 2.45) is 5.92 Å². The Labute approximate surface area is 149 Å². The van der Waals surface area contributed by atoms with Crippen molar-refractivity contribution in [3.63, 3.8) is 0 Å². The number of ketones is 1. The summed E-state index contributed by atoms with van der Waals surface area (Å²) in [5.74, 6) is 0.281. The quantitative estimate of drug-likeness (QED) is 0.795. The van der Waals surface area contributed by atoms with Crippen LogP contribution in [0.3, 0.4) is 0 Å². The van der Waals surface area contributed by atoms with E-state index in [1.165, 1.54) is 0 Å². The van der Waals surface area contributed by atoms with Gasteiger partial charge in [0.15, 0.2) is 5.78 Å². The lowest BCUT2D eigenvalue weighted by Crippen LogP contribution is -2.55. The summed E-state index contributed by atoms with van der Waals surface area (Å²) in [7, 11) is 0. The van der Waals surface area contributed by atoms with Crippen LogP contribution in [0, 0.1) is 5.92 Å². The monoisotopic (exact) mass is 345 g/mol. The van der Waals surface area contributed by atoms with E-state index >= 15 is 0 Å². The van der Waals surface area contributed by atoms with Crippen LogP contribution in [-0.2, 0) is 25.7 Å². The number of hydrogen-bond acceptors (Lipinski definition) is 4. The second-order valence-corrected chi connectivity index (χ2v) is 7.35. The van der Waals surface area contributed by atoms with E-state index in [1.54, 1.807) is 4.90 Å². The number of rotatable bonds is 6. The second-order valence-electron chi connectivity index (χ2n) is 7.35. The molecule has 3 rings (SSSR count). The molecule has 5 nitrogen and oxygen atoms in total. The summed E-state index contributed by atoms with van der Waals surface area (Å²) in [5.41, 5.74) is 1.04. The first kappa shape index (κ1) is 18.1. The van der Waals surface area contributed by atoms with Crippen LogP contribution in [0.5, 0.6) is 0 Å². The molecule has 2 heterocycles. The Bertz CT molecular complexity index is 601. The van der Waals surface area contributed by atoms with Crippen molar-refractivity contribution < 1.29 is 19.1 Å². The molecule has 0 saturated carbocycles. The number of nitrogens with zero attached hydrogens (tertiary/aromatic N) is 1. The Kier molecular flexibility index (Phi) is 5.86. The van der Waals surface area contributed by atoms with Crippen molar-refractivity contribution in [3.05, 3.63) is 35.9 Å². The van der Waals surface area contributed by atoms with Crippen molar-refractivity contribution in [2.45, 2.75) is 58.0 Å². The number of carbonyl (C=O) groups is 2. The minimum atomic E-state index is -0.521. The van der Waals surface area contributed by atoms with Crippen molar-refractivity contribution in [1.82, 2.24) is 4.90 Å². The minimum Gasteiger partial charge on any atom is -0.368 e. The molecule has 0 N–H and O–H groups in total. The molecular formula is C20H27NO4. The van der Waals surface area contributed by atoms with Crippen LogP contribution in [0.15, 0.2) is 30.3 Å². The topological polar surface area (TPSA) is 55.8 Å². The van der Waals surface area contributed by atoms with Gasteiger partial charge in [0.2, 0.25) is 0 Å². The zero-order valence-electron chi connectivity index (χ0n) is 15.0. The average Bonchev–Trinajstić information content (AvgIpc) is 3.00. The average molecular weight is 345 g/mol. The number of benzene rings is 1. The first-order valence-corrected chi connectivity index (χ1v) is 9.16. The lowest BCUT2D eigenvalue weighted by molar-refractivity contribution is -0.153. The number of hydrogen-bond donors (Lipinski definition) is 0. The summed E-state index contributed by atoms with van der Waals surface area (Å²) in [6.07, 6.45) is 1.70. The minimum absolute atomic E-state index is 0.0180. The van der Waals surface area contributed by atoms with E-state index in [4.69, 9.17) is 9.47 Å². The molecule has 5 heteroatoms. The molecule has 0 bridgehead atoms. The predicted octanol–water partition coefficient (Wildman–Crippen LogP) is 2.58. The number of ether oxygens (including phenoxy) is 2. The summed E-state index contributed by atoms with van der Waals surface area (Å²) in [5, 5.41) is 0. The van der Waals surface area contributed by atoms with Crippen molar-refractivity contribution >= 4 is 11.7 Å². The fourth-order valence-corrected chi connectivity index (χ4v) is 3.66. The van der Waals surface area contributed by atoms with Gasteiger partial charge in [-0.05, 0) is 30.7 Å². The number of amides is 1. The lowest BCUT2D eigenvalue weighted by Gasteiger charge is -2.37. The molecule has 2 unspecified atom stereocenters. The van der Waals surface area contributed by atoms with Gasteiger partial charge in [0.1, 0.15) is 18.8 Å². The zero-order chi connectivity index (χ0) is 17.8. The van der Waals surface area contributed by atoms with Gasteiger partial charge in [0.25, 0.3) is 5.91 Å². The Morgan fingerprint density at radius 2 is 2.08 bits per heavy atom. The largest absolute Gasteiger partial charge is 0.368 e. The molecule has 2 aliphatic heterocycles. The number of piperidine rings is 1. The third-order valence-electron chi connectivity index (χ3n) is 4.88. The smallest absolute Gasteiger partial charge is 0.252 e. The predicted molar refractivity (Wildman–Crippen MR) is 94.0 cm³/mol. The highest BCUT2D eigenvalue weighted by molar-refractivity contribution is 5.93. The molecule has 1 amide bonds. The summed E-state index contributed by atoms with van der Waals surface area (Å²) in [6.45, 7) is 5.29. The van der Waals surface area contributed by atoms with Gasteiger partial charge in [0.05, 0.1) is 12.7 Å². The van der Waals surface area contributed by atoms with Crippen molar-refractivity contribution in [3.8, 4) is 0 Å². The molecule has 0 spiro atoms. The zero-order valence-corrected chi connectivity index (χ0v) is 15.0. The van der Waals surface area contributed by atoms with Crippen molar-refractivity contribution in [2.75, 3.05) is 13.2 Å². The van der Waals surface area contributed by atoms with Crippen LogP contribution in [-0.4, -0.2) is 48.0 Å². The maximum Gasteiger partial charge on any atom is 0.252 e. The van der Waals surface area contributed by atoms with Crippen LogP contribution in [0.4, 0.5) is 0 Å². The molecule has 0 radical (unpaired) electrons. The lowest BCUT2D eigenvalue weighted by atomic mass is 9.96. The van der Waals surface area contributed by atoms with Gasteiger partial charge in [0, 0.05) is 6.54 Å². The van der Waals surface area contributed by atoms with Gasteiger partial charge in [-0.25, -0.2) is 0 Å². The second kappa shape index (κ2) is 8.11. The SMILES string of the molecule is CC(C)C[C@H](OCc1ccccc1)C(=O)N1CCCC2OCC(=O)C21. The molecule has 2 saturated heterocycles. The highest BCUT2D eigenvalue weighted by atomic mass is 16.5. The fourth-order valence-electron chi connectivity index (χ4n) is 3.66. The summed E-state index contributed by atoms with van der Waals surface area (Å²) in [6, 6.07) is 9.43. The fraction of sp³-hybridized carbons (Fsp3) is 0.600. The third-order valence-corrected chi connectivity index (χ3v) is 4.88. The molecule has 0 aromatic heterocycles. The van der Waals surface area contributed by atoms with E-state index in [1.807, 2.05) is 30.3 Å². The van der Waals surface area contributed by atoms with Crippen LogP contribution in [0.25, 0.3) is 0 Å². The first-order valence-electron chi connectivity index (χ1n) is 9.16. The third kappa shape index (κ3) is 4.28. The first-order chi connectivity index (χ1) is 12.1. The van der Waals surface area contributed by atoms with Crippen LogP contribution in [0.1, 0.15) is 38.7 Å². The number of carbonyl (C=O) groups excluding carboxylic acids is 2. The summed E-state index contributed by atoms with van der Waals surface area (Å²) in [4.78, 5) is 27.0. The number of Topliss-reactive ketones (excluding diaryl/α,β-unsaturated/α-hetero) is 1. The van der Waals surface area contributed by atoms with Gasteiger partial charge in [-0.15, -0.1) is 0 Å². The molecule has 1 aromatic carbocycles. The van der Waals surface area contributed by atoms with Crippen LogP contribution >= 0.6 is 0 Å². The van der Waals surface area contributed by atoms with E-state index in [2.05, 4.69) is 13.8 Å². The van der Waals surface area contributed by atoms with Crippen molar-refractivity contribution in [1.29, 1.82) is 0 Å². The molecule has 2 fully saturated rings. The normalized spacial score (nSPS) is 24.4. The molecule has 1 aromatic rings. The Morgan fingerprint density at radius 1 is 1.32 bits per heavy atom. The highest BCUT2D eigenvalue weighted by Gasteiger charge is 2.45. The maximum atomic E-state index is 13.1. The van der Waals surface area contributed by atoms with E-state index in [-0.39, 0.29) is 24.4 Å². The van der Waals surface area contributed by atoms with Crippen LogP contribution < -0.4 is 0 Å². The van der Waals surface area contributed by atoms with E-state index in [0.29, 0.717) is 25.5 Å². The van der Waals surface area contributed by atoms with Gasteiger partial charge in [-0.3, -0.25) is 9.59 Å². The Hall–Kier alpha value is -1.72. The number of likely N-dealkylation sites (tertiary alicyclic amines) is 1.